The molecule has 0 aromatic carbocycles. The summed E-state index contributed by atoms with van der Waals surface area (Å²) in [6, 6.07) is 5.75. The highest BCUT2D eigenvalue weighted by molar-refractivity contribution is 5.85. The van der Waals surface area contributed by atoms with Crippen molar-refractivity contribution in [3.63, 3.8) is 0 Å². The molecule has 0 fully saturated rings. The van der Waals surface area contributed by atoms with Crippen LogP contribution in [0.1, 0.15) is 28.8 Å². The van der Waals surface area contributed by atoms with Crippen molar-refractivity contribution in [2.24, 2.45) is 5.73 Å². The number of halogens is 1. The molecule has 0 aliphatic carbocycles. The molecule has 0 spiro atoms. The predicted molar refractivity (Wildman–Crippen MR) is 115 cm³/mol. The van der Waals surface area contributed by atoms with E-state index in [2.05, 4.69) is 21.5 Å². The van der Waals surface area contributed by atoms with Crippen LogP contribution in [0.3, 0.4) is 0 Å². The average molecular weight is 417 g/mol. The highest BCUT2D eigenvalue weighted by Gasteiger charge is 2.17. The summed E-state index contributed by atoms with van der Waals surface area (Å²) in [4.78, 5) is 17.0. The van der Waals surface area contributed by atoms with Gasteiger partial charge in [0.25, 0.3) is 5.56 Å². The molecule has 0 saturated heterocycles. The number of fused-ring (bicyclic) bond motifs is 1. The van der Waals surface area contributed by atoms with Crippen LogP contribution in [0.15, 0.2) is 23.1 Å². The summed E-state index contributed by atoms with van der Waals surface area (Å²) in [5.41, 5.74) is 14.9. The Labute approximate surface area is 174 Å². The molecular formula is C19H25ClN8O. The van der Waals surface area contributed by atoms with E-state index in [1.165, 1.54) is 4.52 Å². The number of hydrogen-bond donors (Lipinski definition) is 3. The third-order valence-corrected chi connectivity index (χ3v) is 4.77. The third-order valence-electron chi connectivity index (χ3n) is 4.77. The number of rotatable bonds is 7. The number of nitrogens with two attached hydrogens (primary N) is 2. The summed E-state index contributed by atoms with van der Waals surface area (Å²) in [6.45, 7) is 5.36. The quantitative estimate of drug-likeness (QED) is 0.528. The second kappa shape index (κ2) is 9.41. The Morgan fingerprint density at radius 1 is 1.34 bits per heavy atom. The van der Waals surface area contributed by atoms with Crippen LogP contribution in [-0.4, -0.2) is 32.3 Å². The molecule has 0 bridgehead atoms. The van der Waals surface area contributed by atoms with Gasteiger partial charge >= 0.3 is 0 Å². The van der Waals surface area contributed by atoms with Gasteiger partial charge in [-0.2, -0.15) is 14.9 Å². The average Bonchev–Trinajstić information content (AvgIpc) is 2.97. The number of hydrogen-bond acceptors (Lipinski definition) is 7. The Hall–Kier alpha value is -3.09. The first-order valence-corrected chi connectivity index (χ1v) is 9.15. The third kappa shape index (κ3) is 4.34. The van der Waals surface area contributed by atoms with E-state index in [0.717, 1.165) is 17.7 Å². The topological polar surface area (TPSA) is 140 Å². The van der Waals surface area contributed by atoms with Gasteiger partial charge in [-0.15, -0.1) is 12.4 Å². The Morgan fingerprint density at radius 2 is 2.10 bits per heavy atom. The van der Waals surface area contributed by atoms with E-state index in [1.54, 1.807) is 10.8 Å². The first kappa shape index (κ1) is 22.2. The van der Waals surface area contributed by atoms with Crippen LogP contribution in [0.4, 0.5) is 11.6 Å². The van der Waals surface area contributed by atoms with Crippen LogP contribution in [0.2, 0.25) is 0 Å². The van der Waals surface area contributed by atoms with Gasteiger partial charge in [0.1, 0.15) is 23.3 Å². The van der Waals surface area contributed by atoms with Crippen molar-refractivity contribution in [1.82, 2.24) is 19.2 Å². The van der Waals surface area contributed by atoms with Gasteiger partial charge in [0.15, 0.2) is 5.65 Å². The summed E-state index contributed by atoms with van der Waals surface area (Å²) in [7, 11) is 0. The van der Waals surface area contributed by atoms with Gasteiger partial charge in [-0.25, -0.2) is 4.98 Å². The zero-order chi connectivity index (χ0) is 20.3. The van der Waals surface area contributed by atoms with Gasteiger partial charge < -0.3 is 21.4 Å². The van der Waals surface area contributed by atoms with E-state index in [9.17, 15) is 10.1 Å². The molecule has 5 N–H and O–H groups in total. The second-order valence-corrected chi connectivity index (χ2v) is 6.63. The van der Waals surface area contributed by atoms with Crippen LogP contribution >= 0.6 is 12.4 Å². The van der Waals surface area contributed by atoms with Crippen LogP contribution in [-0.2, 0) is 13.0 Å². The lowest BCUT2D eigenvalue weighted by atomic mass is 10.2. The van der Waals surface area contributed by atoms with E-state index < -0.39 is 0 Å². The molecule has 0 amide bonds. The normalized spacial score (nSPS) is 10.6. The number of aromatic nitrogens is 4. The smallest absolute Gasteiger partial charge is 0.253 e. The molecule has 10 heteroatoms. The lowest BCUT2D eigenvalue weighted by molar-refractivity contribution is 0.624. The molecular weight excluding hydrogens is 392 g/mol. The predicted octanol–water partition coefficient (Wildman–Crippen LogP) is 1.39. The van der Waals surface area contributed by atoms with Crippen LogP contribution < -0.4 is 22.3 Å². The Balaban J connectivity index is 0.00000300. The summed E-state index contributed by atoms with van der Waals surface area (Å²) in [6.07, 6.45) is 3.02. The Bertz CT molecular complexity index is 1110. The minimum atomic E-state index is -0.0246. The number of nitrogens with one attached hydrogen (secondary N) is 1. The molecule has 0 radical (unpaired) electrons. The fraction of sp³-hybridized carbons (Fsp3) is 0.368. The highest BCUT2D eigenvalue weighted by Crippen LogP contribution is 2.24. The van der Waals surface area contributed by atoms with Crippen LogP contribution in [0.5, 0.6) is 0 Å². The Kier molecular flexibility index (Phi) is 7.20. The maximum Gasteiger partial charge on any atom is 0.253 e. The number of aryl methyl sites for hydroxylation is 3. The maximum absolute atomic E-state index is 12.5. The highest BCUT2D eigenvalue weighted by atomic mass is 35.5. The Morgan fingerprint density at radius 3 is 2.79 bits per heavy atom. The van der Waals surface area contributed by atoms with Crippen molar-refractivity contribution in [3.8, 4) is 6.07 Å². The summed E-state index contributed by atoms with van der Waals surface area (Å²) in [5.74, 6) is 0.643. The minimum Gasteiger partial charge on any atom is -0.382 e. The molecule has 154 valence electrons. The van der Waals surface area contributed by atoms with Gasteiger partial charge in [-0.05, 0) is 39.3 Å². The van der Waals surface area contributed by atoms with Crippen LogP contribution in [0.25, 0.3) is 5.65 Å². The first-order chi connectivity index (χ1) is 13.5. The summed E-state index contributed by atoms with van der Waals surface area (Å²) in [5, 5.41) is 17.0. The van der Waals surface area contributed by atoms with Crippen molar-refractivity contribution in [3.05, 3.63) is 51.1 Å². The summed E-state index contributed by atoms with van der Waals surface area (Å²) < 4.78 is 3.16. The van der Waals surface area contributed by atoms with E-state index >= 15 is 0 Å². The molecule has 0 aliphatic rings. The molecule has 3 aromatic heterocycles. The molecule has 0 saturated carbocycles. The SMILES string of the molecule is Cc1nn2c(N)c(C#N)c(NCCc3cccn(CCCN)c3=O)nc2c1C.Cl. The van der Waals surface area contributed by atoms with Crippen molar-refractivity contribution >= 4 is 29.7 Å². The molecule has 0 unspecified atom stereocenters. The summed E-state index contributed by atoms with van der Waals surface area (Å²) >= 11 is 0. The van der Waals surface area contributed by atoms with E-state index in [0.29, 0.717) is 43.1 Å². The van der Waals surface area contributed by atoms with Gasteiger partial charge in [0, 0.05) is 30.4 Å². The fourth-order valence-corrected chi connectivity index (χ4v) is 3.05. The monoisotopic (exact) mass is 416 g/mol. The lowest BCUT2D eigenvalue weighted by Crippen LogP contribution is -2.25. The van der Waals surface area contributed by atoms with Crippen molar-refractivity contribution in [1.29, 1.82) is 5.26 Å². The number of pyridine rings is 1. The standard InChI is InChI=1S/C19H24N8O.ClH/c1-12-13(2)25-27-16(22)15(11-21)17(24-18(12)27)23-8-6-14-5-3-9-26(19(14)28)10-4-7-20;/h3,5,9H,4,6-8,10,20,22H2,1-2H3,(H,23,24);1H. The number of nitrogen functional groups attached to an aromatic ring is 1. The fourth-order valence-electron chi connectivity index (χ4n) is 3.05. The van der Waals surface area contributed by atoms with Crippen LogP contribution in [0, 0.1) is 25.2 Å². The largest absolute Gasteiger partial charge is 0.382 e. The minimum absolute atomic E-state index is 0. The first-order valence-electron chi connectivity index (χ1n) is 9.15. The molecule has 0 atom stereocenters. The van der Waals surface area contributed by atoms with E-state index in [-0.39, 0.29) is 29.3 Å². The van der Waals surface area contributed by atoms with Crippen molar-refractivity contribution in [2.75, 3.05) is 24.1 Å². The maximum atomic E-state index is 12.5. The van der Waals surface area contributed by atoms with Gasteiger partial charge in [-0.1, -0.05) is 6.07 Å². The second-order valence-electron chi connectivity index (χ2n) is 6.63. The lowest BCUT2D eigenvalue weighted by Gasteiger charge is -2.11. The molecule has 9 nitrogen and oxygen atoms in total. The van der Waals surface area contributed by atoms with Gasteiger partial charge in [0.2, 0.25) is 0 Å². The molecule has 0 aliphatic heterocycles. The van der Waals surface area contributed by atoms with Crippen molar-refractivity contribution in [2.45, 2.75) is 33.2 Å². The van der Waals surface area contributed by atoms with Gasteiger partial charge in [0.05, 0.1) is 5.69 Å². The molecule has 29 heavy (non-hydrogen) atoms. The molecule has 3 rings (SSSR count). The number of anilines is 2. The molecule has 3 aromatic rings. The number of nitrogens with zero attached hydrogens (tertiary/aromatic N) is 5. The van der Waals surface area contributed by atoms with E-state index in [4.69, 9.17) is 11.5 Å². The zero-order valence-corrected chi connectivity index (χ0v) is 17.3. The molecule has 3 heterocycles. The van der Waals surface area contributed by atoms with Crippen molar-refractivity contribution < 1.29 is 0 Å². The van der Waals surface area contributed by atoms with Gasteiger partial charge in [-0.3, -0.25) is 4.79 Å². The number of nitriles is 1. The zero-order valence-electron chi connectivity index (χ0n) is 16.5. The van der Waals surface area contributed by atoms with E-state index in [1.807, 2.05) is 26.0 Å².